The molecule has 1 amide bonds. The zero-order valence-electron chi connectivity index (χ0n) is 14.9. The van der Waals surface area contributed by atoms with Gasteiger partial charge in [0.2, 0.25) is 16.4 Å². The molecule has 1 unspecified atom stereocenters. The first kappa shape index (κ1) is 21.0. The first-order chi connectivity index (χ1) is 13.1. The van der Waals surface area contributed by atoms with E-state index in [0.717, 1.165) is 12.1 Å². The third-order valence-electron chi connectivity index (χ3n) is 5.13. The van der Waals surface area contributed by atoms with Crippen molar-refractivity contribution in [1.82, 2.24) is 9.37 Å². The van der Waals surface area contributed by atoms with Crippen LogP contribution in [-0.4, -0.2) is 60.5 Å². The lowest BCUT2D eigenvalue weighted by atomic mass is 9.98. The summed E-state index contributed by atoms with van der Waals surface area (Å²) in [6, 6.07) is 2.24. The van der Waals surface area contributed by atoms with Crippen LogP contribution in [-0.2, 0) is 38.7 Å². The molecular weight excluding hydrogens is 401 g/mol. The van der Waals surface area contributed by atoms with E-state index in [0.29, 0.717) is 35.6 Å². The number of benzene rings is 1. The number of fused-ring (bicyclic) bond motifs is 1. The summed E-state index contributed by atoms with van der Waals surface area (Å²) in [5.74, 6) is -0.525. The van der Waals surface area contributed by atoms with Gasteiger partial charge in [0, 0.05) is 19.7 Å². The number of amides is 1. The molecule has 0 aromatic heterocycles. The predicted octanol–water partition coefficient (Wildman–Crippen LogP) is 1.79. The van der Waals surface area contributed by atoms with Crippen molar-refractivity contribution in [2.75, 3.05) is 18.9 Å². The van der Waals surface area contributed by atoms with Crippen molar-refractivity contribution >= 4 is 16.4 Å². The van der Waals surface area contributed by atoms with Crippen LogP contribution in [0, 0.1) is 0 Å². The van der Waals surface area contributed by atoms with E-state index in [4.69, 9.17) is 4.74 Å². The number of rotatable bonds is 6. The van der Waals surface area contributed by atoms with E-state index >= 15 is 0 Å². The van der Waals surface area contributed by atoms with E-state index in [2.05, 4.69) is 0 Å². The van der Waals surface area contributed by atoms with Crippen LogP contribution in [0.25, 0.3) is 0 Å². The number of halogens is 3. The van der Waals surface area contributed by atoms with Crippen molar-refractivity contribution in [3.63, 3.8) is 0 Å². The highest BCUT2D eigenvalue weighted by Crippen LogP contribution is 2.32. The van der Waals surface area contributed by atoms with Gasteiger partial charge in [-0.3, -0.25) is 10.0 Å². The largest absolute Gasteiger partial charge is 0.416 e. The first-order valence-electron chi connectivity index (χ1n) is 8.83. The molecule has 2 atom stereocenters. The van der Waals surface area contributed by atoms with Gasteiger partial charge in [0.1, 0.15) is 6.04 Å². The first-order valence-corrected chi connectivity index (χ1v) is 10.4. The number of alkyl halides is 3. The maximum absolute atomic E-state index is 12.8. The summed E-state index contributed by atoms with van der Waals surface area (Å²) in [6.45, 7) is 0.397. The number of carbonyl (C=O) groups excluding carboxylic acids is 1. The Morgan fingerprint density at radius 3 is 2.71 bits per heavy atom. The van der Waals surface area contributed by atoms with Crippen molar-refractivity contribution < 1.29 is 36.3 Å². The van der Waals surface area contributed by atoms with Gasteiger partial charge in [-0.1, -0.05) is 6.07 Å². The topological polar surface area (TPSA) is 87.2 Å². The molecule has 1 saturated heterocycles. The zero-order valence-corrected chi connectivity index (χ0v) is 15.7. The van der Waals surface area contributed by atoms with E-state index in [9.17, 15) is 31.6 Å². The standard InChI is InChI=1S/C17H21F3N2O5S/c18-17(19,20)14-4-3-13-9-21(6-5-12(13)8-14)28(25,26)10-15(22(24)11-23)16-2-1-7-27-16/h3-4,8,11,15-16,24H,1-2,5-7,9-10H2/t15?,16-/m0/s1. The SMILES string of the molecule is O=CN(O)C(CS(=O)(=O)N1CCc2cc(C(F)(F)F)ccc2C1)[C@@H]1CCCO1. The molecule has 0 aliphatic carbocycles. The van der Waals surface area contributed by atoms with Crippen LogP contribution in [0.15, 0.2) is 18.2 Å². The van der Waals surface area contributed by atoms with Crippen LogP contribution in [0.4, 0.5) is 13.2 Å². The second-order valence-corrected chi connectivity index (χ2v) is 8.96. The van der Waals surface area contributed by atoms with Crippen LogP contribution >= 0.6 is 0 Å². The van der Waals surface area contributed by atoms with Crippen LogP contribution < -0.4 is 0 Å². The Morgan fingerprint density at radius 1 is 1.36 bits per heavy atom. The maximum atomic E-state index is 12.8. The van der Waals surface area contributed by atoms with Gasteiger partial charge < -0.3 is 4.74 Å². The molecule has 11 heteroatoms. The minimum Gasteiger partial charge on any atom is -0.376 e. The summed E-state index contributed by atoms with van der Waals surface area (Å²) >= 11 is 0. The highest BCUT2D eigenvalue weighted by molar-refractivity contribution is 7.89. The minimum absolute atomic E-state index is 0.0292. The van der Waals surface area contributed by atoms with Gasteiger partial charge in [0.15, 0.2) is 0 Å². The molecule has 0 radical (unpaired) electrons. The number of hydroxylamine groups is 2. The van der Waals surface area contributed by atoms with E-state index in [-0.39, 0.29) is 25.9 Å². The second-order valence-electron chi connectivity index (χ2n) is 6.95. The molecule has 2 aliphatic rings. The fraction of sp³-hybridized carbons (Fsp3) is 0.588. The smallest absolute Gasteiger partial charge is 0.376 e. The Labute approximate surface area is 160 Å². The van der Waals surface area contributed by atoms with Gasteiger partial charge in [-0.2, -0.15) is 17.5 Å². The van der Waals surface area contributed by atoms with Crippen molar-refractivity contribution in [3.05, 3.63) is 34.9 Å². The number of carbonyl (C=O) groups is 1. The van der Waals surface area contributed by atoms with E-state index < -0.39 is 39.7 Å². The summed E-state index contributed by atoms with van der Waals surface area (Å²) in [6.07, 6.45) is -3.52. The lowest BCUT2D eigenvalue weighted by Gasteiger charge is -2.32. The normalized spacial score (nSPS) is 21.9. The van der Waals surface area contributed by atoms with Gasteiger partial charge in [-0.15, -0.1) is 0 Å². The van der Waals surface area contributed by atoms with E-state index in [1.807, 2.05) is 0 Å². The lowest BCUT2D eigenvalue weighted by molar-refractivity contribution is -0.168. The molecule has 1 fully saturated rings. The molecule has 0 spiro atoms. The average molecular weight is 422 g/mol. The van der Waals surface area contributed by atoms with Gasteiger partial charge in [-0.25, -0.2) is 13.5 Å². The zero-order chi connectivity index (χ0) is 20.5. The Bertz CT molecular complexity index is 825. The molecule has 7 nitrogen and oxygen atoms in total. The Kier molecular flexibility index (Phi) is 5.99. The molecule has 28 heavy (non-hydrogen) atoms. The minimum atomic E-state index is -4.45. The van der Waals surface area contributed by atoms with Crippen molar-refractivity contribution in [2.24, 2.45) is 0 Å². The molecule has 1 aromatic carbocycles. The fourth-order valence-electron chi connectivity index (χ4n) is 3.60. The van der Waals surface area contributed by atoms with Gasteiger partial charge >= 0.3 is 6.18 Å². The number of hydrogen-bond acceptors (Lipinski definition) is 5. The quantitative estimate of drug-likeness (QED) is 0.429. The average Bonchev–Trinajstić information content (AvgIpc) is 3.18. The molecule has 0 bridgehead atoms. The second kappa shape index (κ2) is 7.97. The molecule has 0 saturated carbocycles. The van der Waals surface area contributed by atoms with Gasteiger partial charge in [0.25, 0.3) is 0 Å². The Hall–Kier alpha value is -1.69. The van der Waals surface area contributed by atoms with E-state index in [1.54, 1.807) is 0 Å². The van der Waals surface area contributed by atoms with E-state index in [1.165, 1.54) is 10.4 Å². The molecule has 1 aromatic rings. The summed E-state index contributed by atoms with van der Waals surface area (Å²) in [5.41, 5.74) is 0.212. The molecule has 156 valence electrons. The molecule has 2 heterocycles. The third-order valence-corrected chi connectivity index (χ3v) is 6.99. The maximum Gasteiger partial charge on any atom is 0.416 e. The molecule has 3 rings (SSSR count). The number of sulfonamides is 1. The summed E-state index contributed by atoms with van der Waals surface area (Å²) in [5, 5.41) is 10.1. The molecule has 1 N–H and O–H groups in total. The van der Waals surface area contributed by atoms with Crippen molar-refractivity contribution in [2.45, 2.75) is 44.1 Å². The van der Waals surface area contributed by atoms with Crippen molar-refractivity contribution in [1.29, 1.82) is 0 Å². The van der Waals surface area contributed by atoms with Crippen LogP contribution in [0.5, 0.6) is 0 Å². The fourth-order valence-corrected chi connectivity index (χ4v) is 5.32. The number of ether oxygens (including phenoxy) is 1. The summed E-state index contributed by atoms with van der Waals surface area (Å²) in [7, 11) is -3.89. The Morgan fingerprint density at radius 2 is 2.11 bits per heavy atom. The highest BCUT2D eigenvalue weighted by atomic mass is 32.2. The number of hydrogen-bond donors (Lipinski definition) is 1. The highest BCUT2D eigenvalue weighted by Gasteiger charge is 2.38. The van der Waals surface area contributed by atoms with Crippen molar-refractivity contribution in [3.8, 4) is 0 Å². The third kappa shape index (κ3) is 4.48. The van der Waals surface area contributed by atoms with Crippen LogP contribution in [0.1, 0.15) is 29.5 Å². The van der Waals surface area contributed by atoms with Gasteiger partial charge in [-0.05, 0) is 42.5 Å². The predicted molar refractivity (Wildman–Crippen MR) is 91.8 cm³/mol. The Balaban J connectivity index is 1.76. The molecule has 2 aliphatic heterocycles. The van der Waals surface area contributed by atoms with Crippen LogP contribution in [0.2, 0.25) is 0 Å². The van der Waals surface area contributed by atoms with Crippen LogP contribution in [0.3, 0.4) is 0 Å². The summed E-state index contributed by atoms with van der Waals surface area (Å²) < 4.78 is 70.8. The van der Waals surface area contributed by atoms with Gasteiger partial charge in [0.05, 0.1) is 17.4 Å². The monoisotopic (exact) mass is 422 g/mol. The summed E-state index contributed by atoms with van der Waals surface area (Å²) in [4.78, 5) is 11.0. The lowest BCUT2D eigenvalue weighted by Crippen LogP contribution is -2.49. The number of nitrogens with zero attached hydrogens (tertiary/aromatic N) is 2. The molecular formula is C17H21F3N2O5S.